The van der Waals surface area contributed by atoms with Gasteiger partial charge >= 0.3 is 0 Å². The van der Waals surface area contributed by atoms with Gasteiger partial charge in [0.05, 0.1) is 25.4 Å². The lowest BCUT2D eigenvalue weighted by atomic mass is 9.83. The predicted octanol–water partition coefficient (Wildman–Crippen LogP) is 1.35. The zero-order valence-corrected chi connectivity index (χ0v) is 11.3. The van der Waals surface area contributed by atoms with Crippen molar-refractivity contribution in [3.63, 3.8) is 0 Å². The Kier molecular flexibility index (Phi) is 3.73. The summed E-state index contributed by atoms with van der Waals surface area (Å²) in [5.41, 5.74) is 7.38. The van der Waals surface area contributed by atoms with Gasteiger partial charge in [-0.2, -0.15) is 0 Å². The summed E-state index contributed by atoms with van der Waals surface area (Å²) in [5.74, 6) is 0.997. The van der Waals surface area contributed by atoms with Crippen LogP contribution in [0, 0.1) is 0 Å². The smallest absolute Gasteiger partial charge is 0.124 e. The molecular formula is C15H22N2O2. The highest BCUT2D eigenvalue weighted by molar-refractivity contribution is 5.40. The molecule has 1 fully saturated rings. The maximum Gasteiger partial charge on any atom is 0.124 e. The highest BCUT2D eigenvalue weighted by Gasteiger charge is 2.40. The zero-order chi connectivity index (χ0) is 13.1. The summed E-state index contributed by atoms with van der Waals surface area (Å²) in [6.07, 6.45) is 2.10. The predicted molar refractivity (Wildman–Crippen MR) is 74.3 cm³/mol. The molecule has 19 heavy (non-hydrogen) atoms. The lowest BCUT2D eigenvalue weighted by Gasteiger charge is -2.45. The third-order valence-corrected chi connectivity index (χ3v) is 4.33. The van der Waals surface area contributed by atoms with E-state index in [1.54, 1.807) is 0 Å². The van der Waals surface area contributed by atoms with Crippen LogP contribution < -0.4 is 10.5 Å². The highest BCUT2D eigenvalue weighted by atomic mass is 16.5. The summed E-state index contributed by atoms with van der Waals surface area (Å²) in [4.78, 5) is 2.49. The van der Waals surface area contributed by atoms with Gasteiger partial charge in [-0.15, -0.1) is 0 Å². The van der Waals surface area contributed by atoms with E-state index < -0.39 is 0 Å². The fraction of sp³-hybridized carbons (Fsp3) is 0.600. The second-order valence-electron chi connectivity index (χ2n) is 5.28. The van der Waals surface area contributed by atoms with Crippen molar-refractivity contribution in [3.05, 3.63) is 29.8 Å². The topological polar surface area (TPSA) is 47.7 Å². The van der Waals surface area contributed by atoms with E-state index in [0.717, 1.165) is 51.5 Å². The summed E-state index contributed by atoms with van der Waals surface area (Å²) in [6, 6.07) is 8.34. The summed E-state index contributed by atoms with van der Waals surface area (Å²) < 4.78 is 11.4. The number of hydrogen-bond acceptors (Lipinski definition) is 4. The number of nitrogens with two attached hydrogens (primary N) is 1. The zero-order valence-electron chi connectivity index (χ0n) is 11.3. The van der Waals surface area contributed by atoms with Crippen LogP contribution in [-0.2, 0) is 10.3 Å². The number of rotatable bonds is 2. The molecule has 0 radical (unpaired) electrons. The van der Waals surface area contributed by atoms with Crippen molar-refractivity contribution in [2.24, 2.45) is 5.73 Å². The molecule has 1 saturated heterocycles. The van der Waals surface area contributed by atoms with Gasteiger partial charge in [0.1, 0.15) is 5.75 Å². The van der Waals surface area contributed by atoms with Crippen LogP contribution in [0.4, 0.5) is 0 Å². The molecule has 0 saturated carbocycles. The van der Waals surface area contributed by atoms with Crippen molar-refractivity contribution >= 4 is 0 Å². The van der Waals surface area contributed by atoms with Crippen molar-refractivity contribution in [1.29, 1.82) is 0 Å². The Morgan fingerprint density at radius 3 is 2.74 bits per heavy atom. The Morgan fingerprint density at radius 2 is 1.95 bits per heavy atom. The second-order valence-corrected chi connectivity index (χ2v) is 5.28. The summed E-state index contributed by atoms with van der Waals surface area (Å²) >= 11 is 0. The fourth-order valence-corrected chi connectivity index (χ4v) is 3.32. The molecule has 1 unspecified atom stereocenters. The molecule has 2 heterocycles. The molecule has 0 spiro atoms. The van der Waals surface area contributed by atoms with Crippen LogP contribution >= 0.6 is 0 Å². The van der Waals surface area contributed by atoms with Gasteiger partial charge in [-0.05, 0) is 18.9 Å². The van der Waals surface area contributed by atoms with Gasteiger partial charge in [-0.1, -0.05) is 18.2 Å². The highest BCUT2D eigenvalue weighted by Crippen LogP contribution is 2.40. The first kappa shape index (κ1) is 12.9. The third kappa shape index (κ3) is 2.24. The van der Waals surface area contributed by atoms with Crippen LogP contribution in [-0.4, -0.2) is 44.4 Å². The van der Waals surface area contributed by atoms with Crippen molar-refractivity contribution in [2.75, 3.05) is 39.5 Å². The number of nitrogens with zero attached hydrogens (tertiary/aromatic N) is 1. The summed E-state index contributed by atoms with van der Waals surface area (Å²) in [5, 5.41) is 0. The van der Waals surface area contributed by atoms with Gasteiger partial charge in [0.25, 0.3) is 0 Å². The molecule has 0 amide bonds. The van der Waals surface area contributed by atoms with E-state index in [-0.39, 0.29) is 5.54 Å². The van der Waals surface area contributed by atoms with Gasteiger partial charge in [0.2, 0.25) is 0 Å². The first-order chi connectivity index (χ1) is 9.37. The monoisotopic (exact) mass is 262 g/mol. The Morgan fingerprint density at radius 1 is 1.16 bits per heavy atom. The normalized spacial score (nSPS) is 28.3. The van der Waals surface area contributed by atoms with E-state index in [9.17, 15) is 0 Å². The number of benzene rings is 1. The molecule has 2 aliphatic rings. The van der Waals surface area contributed by atoms with Crippen molar-refractivity contribution in [2.45, 2.75) is 18.4 Å². The van der Waals surface area contributed by atoms with Gasteiger partial charge in [-0.25, -0.2) is 0 Å². The fourth-order valence-electron chi connectivity index (χ4n) is 3.32. The Labute approximate surface area is 114 Å². The van der Waals surface area contributed by atoms with E-state index in [2.05, 4.69) is 23.1 Å². The molecule has 1 aromatic rings. The van der Waals surface area contributed by atoms with Crippen molar-refractivity contribution in [3.8, 4) is 5.75 Å². The van der Waals surface area contributed by atoms with E-state index in [4.69, 9.17) is 15.2 Å². The average Bonchev–Trinajstić information content (AvgIpc) is 2.68. The largest absolute Gasteiger partial charge is 0.493 e. The SMILES string of the molecule is NCC1(N2CCOCC2)CCCOc2ccccc21. The number of hydrogen-bond donors (Lipinski definition) is 1. The molecule has 0 aromatic heterocycles. The minimum atomic E-state index is -0.0864. The molecule has 4 heteroatoms. The van der Waals surface area contributed by atoms with Gasteiger partial charge in [0, 0.05) is 25.2 Å². The molecule has 0 bridgehead atoms. The molecule has 104 valence electrons. The molecule has 1 aromatic carbocycles. The summed E-state index contributed by atoms with van der Waals surface area (Å²) in [7, 11) is 0. The number of para-hydroxylation sites is 1. The Hall–Kier alpha value is -1.10. The minimum Gasteiger partial charge on any atom is -0.493 e. The van der Waals surface area contributed by atoms with Crippen LogP contribution in [0.25, 0.3) is 0 Å². The van der Waals surface area contributed by atoms with Crippen LogP contribution in [0.2, 0.25) is 0 Å². The van der Waals surface area contributed by atoms with Gasteiger partial charge in [-0.3, -0.25) is 4.90 Å². The first-order valence-corrected chi connectivity index (χ1v) is 7.12. The Balaban J connectivity index is 2.03. The minimum absolute atomic E-state index is 0.0864. The molecule has 3 rings (SSSR count). The van der Waals surface area contributed by atoms with Crippen LogP contribution in [0.15, 0.2) is 24.3 Å². The maximum absolute atomic E-state index is 6.22. The molecule has 4 nitrogen and oxygen atoms in total. The quantitative estimate of drug-likeness (QED) is 0.874. The van der Waals surface area contributed by atoms with E-state index in [1.807, 2.05) is 6.07 Å². The van der Waals surface area contributed by atoms with E-state index in [1.165, 1.54) is 5.56 Å². The molecule has 2 N–H and O–H groups in total. The van der Waals surface area contributed by atoms with Crippen molar-refractivity contribution in [1.82, 2.24) is 4.90 Å². The van der Waals surface area contributed by atoms with Crippen LogP contribution in [0.5, 0.6) is 5.75 Å². The summed E-state index contributed by atoms with van der Waals surface area (Å²) in [6.45, 7) is 4.91. The van der Waals surface area contributed by atoms with E-state index >= 15 is 0 Å². The maximum atomic E-state index is 6.22. The standard InChI is InChI=1S/C15H22N2O2/c16-12-15(17-7-10-18-11-8-17)6-3-9-19-14-5-2-1-4-13(14)15/h1-2,4-5H,3,6-12,16H2. The molecule has 1 atom stereocenters. The molecular weight excluding hydrogens is 240 g/mol. The number of morpholine rings is 1. The van der Waals surface area contributed by atoms with Crippen LogP contribution in [0.3, 0.4) is 0 Å². The molecule has 0 aliphatic carbocycles. The number of fused-ring (bicyclic) bond motifs is 1. The van der Waals surface area contributed by atoms with E-state index in [0.29, 0.717) is 6.54 Å². The Bertz CT molecular complexity index is 432. The lowest BCUT2D eigenvalue weighted by Crippen LogP contribution is -2.55. The van der Waals surface area contributed by atoms with Gasteiger partial charge < -0.3 is 15.2 Å². The number of ether oxygens (including phenoxy) is 2. The second kappa shape index (κ2) is 5.49. The lowest BCUT2D eigenvalue weighted by molar-refractivity contribution is -0.0252. The first-order valence-electron chi connectivity index (χ1n) is 7.12. The average molecular weight is 262 g/mol. The van der Waals surface area contributed by atoms with Crippen LogP contribution in [0.1, 0.15) is 18.4 Å². The van der Waals surface area contributed by atoms with Gasteiger partial charge in [0.15, 0.2) is 0 Å². The molecule has 2 aliphatic heterocycles. The third-order valence-electron chi connectivity index (χ3n) is 4.33. The van der Waals surface area contributed by atoms with Crippen molar-refractivity contribution < 1.29 is 9.47 Å².